The lowest BCUT2D eigenvalue weighted by atomic mass is 10.1. The van der Waals surface area contributed by atoms with Gasteiger partial charge in [-0.15, -0.1) is 0 Å². The summed E-state index contributed by atoms with van der Waals surface area (Å²) >= 11 is 0. The maximum atomic E-state index is 13.0. The van der Waals surface area contributed by atoms with E-state index in [2.05, 4.69) is 39.9 Å². The number of nitrogens with zero attached hydrogens (tertiary/aromatic N) is 8. The Labute approximate surface area is 203 Å². The molecule has 4 N–H and O–H groups in total. The number of nitrogen functional groups attached to an aromatic ring is 1. The van der Waals surface area contributed by atoms with Crippen molar-refractivity contribution in [3.8, 4) is 0 Å². The second-order valence-electron chi connectivity index (χ2n) is 8.42. The van der Waals surface area contributed by atoms with Gasteiger partial charge < -0.3 is 20.6 Å². The van der Waals surface area contributed by atoms with Crippen LogP contribution in [0.3, 0.4) is 0 Å². The van der Waals surface area contributed by atoms with E-state index in [1.165, 1.54) is 18.1 Å². The molecule has 0 spiro atoms. The number of fused-ring (bicyclic) bond motifs is 3. The highest BCUT2D eigenvalue weighted by Gasteiger charge is 2.19. The van der Waals surface area contributed by atoms with Crippen LogP contribution in [-0.2, 0) is 19.5 Å². The fraction of sp³-hybridized carbons (Fsp3) is 0.174. The zero-order valence-corrected chi connectivity index (χ0v) is 19.2. The summed E-state index contributed by atoms with van der Waals surface area (Å²) in [5, 5.41) is 9.20. The molecule has 0 radical (unpaired) electrons. The van der Waals surface area contributed by atoms with Crippen LogP contribution in [0.4, 0.5) is 23.3 Å². The largest absolute Gasteiger partial charge is 0.383 e. The van der Waals surface area contributed by atoms with Gasteiger partial charge in [0.05, 0.1) is 18.9 Å². The molecule has 5 aromatic rings. The minimum Gasteiger partial charge on any atom is -0.383 e. The smallest absolute Gasteiger partial charge is 0.277 e. The number of rotatable bonds is 4. The van der Waals surface area contributed by atoms with Crippen molar-refractivity contribution in [3.63, 3.8) is 0 Å². The Balaban J connectivity index is 1.28. The number of imidazole rings is 1. The Hall–Kier alpha value is -5.07. The van der Waals surface area contributed by atoms with Gasteiger partial charge in [-0.05, 0) is 17.5 Å². The molecule has 1 aliphatic rings. The summed E-state index contributed by atoms with van der Waals surface area (Å²) in [6.07, 6.45) is 8.74. The molecule has 13 nitrogen and oxygen atoms in total. The van der Waals surface area contributed by atoms with Gasteiger partial charge in [0.25, 0.3) is 11.5 Å². The van der Waals surface area contributed by atoms with Crippen molar-refractivity contribution in [1.82, 2.24) is 39.3 Å². The first-order valence-electron chi connectivity index (χ1n) is 11.2. The Morgan fingerprint density at radius 2 is 2.06 bits per heavy atom. The van der Waals surface area contributed by atoms with E-state index in [4.69, 9.17) is 5.73 Å². The number of hydrogen-bond acceptors (Lipinski definition) is 9. The number of hydrogen-bond donors (Lipinski definition) is 3. The first kappa shape index (κ1) is 21.5. The number of amides is 1. The number of carbonyl (C=O) groups excluding carboxylic acids is 1. The van der Waals surface area contributed by atoms with Gasteiger partial charge in [-0.2, -0.15) is 5.10 Å². The summed E-state index contributed by atoms with van der Waals surface area (Å²) in [5.74, 6) is 2.14. The average Bonchev–Trinajstić information content (AvgIpc) is 3.44. The predicted octanol–water partition coefficient (Wildman–Crippen LogP) is 1.31. The first-order valence-corrected chi connectivity index (χ1v) is 11.2. The zero-order valence-electron chi connectivity index (χ0n) is 19.2. The number of H-pyrrole nitrogens is 1. The minimum absolute atomic E-state index is 0.119. The zero-order chi connectivity index (χ0) is 24.8. The van der Waals surface area contributed by atoms with Crippen LogP contribution >= 0.6 is 0 Å². The molecule has 0 aromatic carbocycles. The van der Waals surface area contributed by atoms with Gasteiger partial charge in [-0.1, -0.05) is 0 Å². The molecule has 0 atom stereocenters. The number of carbonyl (C=O) groups is 1. The minimum atomic E-state index is -0.449. The van der Waals surface area contributed by atoms with Crippen molar-refractivity contribution in [2.24, 2.45) is 0 Å². The van der Waals surface area contributed by atoms with Crippen LogP contribution in [0, 0.1) is 0 Å². The molecule has 0 saturated heterocycles. The molecule has 36 heavy (non-hydrogen) atoms. The Morgan fingerprint density at radius 1 is 1.17 bits per heavy atom. The normalized spacial score (nSPS) is 12.6. The van der Waals surface area contributed by atoms with E-state index in [1.54, 1.807) is 24.5 Å². The SMILES string of the molecule is CN(C(=O)c1cc2cc(Nc3cc4n(n3)Cc3nccn3CC4)ncc2c(N)n1)c1cncc(=O)[nH]1. The van der Waals surface area contributed by atoms with Crippen LogP contribution in [0.2, 0.25) is 0 Å². The van der Waals surface area contributed by atoms with Crippen LogP contribution in [0.5, 0.6) is 0 Å². The van der Waals surface area contributed by atoms with Gasteiger partial charge >= 0.3 is 0 Å². The topological polar surface area (TPSA) is 166 Å². The average molecular weight is 483 g/mol. The van der Waals surface area contributed by atoms with Crippen LogP contribution < -0.4 is 21.5 Å². The van der Waals surface area contributed by atoms with E-state index >= 15 is 0 Å². The highest BCUT2D eigenvalue weighted by molar-refractivity contribution is 6.07. The number of nitrogens with one attached hydrogen (secondary N) is 2. The number of aryl methyl sites for hydroxylation is 2. The summed E-state index contributed by atoms with van der Waals surface area (Å²) in [5.41, 5.74) is 6.94. The summed E-state index contributed by atoms with van der Waals surface area (Å²) in [6.45, 7) is 1.44. The van der Waals surface area contributed by atoms with Gasteiger partial charge in [0.15, 0.2) is 5.82 Å². The predicted molar refractivity (Wildman–Crippen MR) is 132 cm³/mol. The number of aromatic nitrogens is 8. The van der Waals surface area contributed by atoms with Crippen LogP contribution in [-0.4, -0.2) is 52.2 Å². The van der Waals surface area contributed by atoms with Crippen molar-refractivity contribution in [2.45, 2.75) is 19.5 Å². The molecular formula is C23H21N11O2. The van der Waals surface area contributed by atoms with Crippen molar-refractivity contribution < 1.29 is 4.79 Å². The van der Waals surface area contributed by atoms with E-state index in [-0.39, 0.29) is 17.3 Å². The number of anilines is 4. The van der Waals surface area contributed by atoms with E-state index in [0.29, 0.717) is 29.0 Å². The maximum Gasteiger partial charge on any atom is 0.277 e. The lowest BCUT2D eigenvalue weighted by Gasteiger charge is -2.16. The summed E-state index contributed by atoms with van der Waals surface area (Å²) in [4.78, 5) is 45.4. The van der Waals surface area contributed by atoms with E-state index in [9.17, 15) is 9.59 Å². The summed E-state index contributed by atoms with van der Waals surface area (Å²) in [7, 11) is 1.52. The molecule has 1 aliphatic heterocycles. The van der Waals surface area contributed by atoms with Crippen LogP contribution in [0.25, 0.3) is 10.8 Å². The van der Waals surface area contributed by atoms with Crippen molar-refractivity contribution in [3.05, 3.63) is 76.7 Å². The number of nitrogens with two attached hydrogens (primary N) is 1. The molecule has 6 rings (SSSR count). The number of pyridine rings is 2. The van der Waals surface area contributed by atoms with Gasteiger partial charge in [-0.3, -0.25) is 24.2 Å². The molecule has 0 unspecified atom stereocenters. The van der Waals surface area contributed by atoms with Crippen LogP contribution in [0.1, 0.15) is 22.0 Å². The molecular weight excluding hydrogens is 462 g/mol. The third-order valence-corrected chi connectivity index (χ3v) is 6.09. The summed E-state index contributed by atoms with van der Waals surface area (Å²) in [6, 6.07) is 5.42. The van der Waals surface area contributed by atoms with Crippen molar-refractivity contribution in [2.75, 3.05) is 23.0 Å². The van der Waals surface area contributed by atoms with Gasteiger partial charge in [0, 0.05) is 55.8 Å². The molecule has 0 bridgehead atoms. The molecule has 0 saturated carbocycles. The third-order valence-electron chi connectivity index (χ3n) is 6.09. The Morgan fingerprint density at radius 3 is 2.92 bits per heavy atom. The number of aromatic amines is 1. The quantitative estimate of drug-likeness (QED) is 0.342. The lowest BCUT2D eigenvalue weighted by molar-refractivity contribution is 0.0987. The fourth-order valence-corrected chi connectivity index (χ4v) is 4.22. The standard InChI is InChI=1S/C23H21N11O2/c1-32(19-10-25-11-21(35)30-19)23(36)16-6-13-7-17(27-9-15(13)22(24)28-16)29-18-8-14-2-4-33-5-3-26-20(33)12-34(14)31-18/h3,5-11H,2,4,12H2,1H3,(H2,24,28)(H,30,35)(H,27,29,31). The van der Waals surface area contributed by atoms with E-state index in [0.717, 1.165) is 30.7 Å². The second-order valence-corrected chi connectivity index (χ2v) is 8.42. The molecule has 0 fully saturated rings. The van der Waals surface area contributed by atoms with E-state index in [1.807, 2.05) is 16.9 Å². The lowest BCUT2D eigenvalue weighted by Crippen LogP contribution is -2.29. The maximum absolute atomic E-state index is 13.0. The Bertz CT molecular complexity index is 1680. The second kappa shape index (κ2) is 8.30. The fourth-order valence-electron chi connectivity index (χ4n) is 4.22. The first-order chi connectivity index (χ1) is 17.4. The van der Waals surface area contributed by atoms with E-state index < -0.39 is 11.5 Å². The monoisotopic (exact) mass is 483 g/mol. The highest BCUT2D eigenvalue weighted by Crippen LogP contribution is 2.25. The summed E-state index contributed by atoms with van der Waals surface area (Å²) < 4.78 is 4.07. The van der Waals surface area contributed by atoms with Crippen LogP contribution in [0.15, 0.2) is 54.0 Å². The molecule has 0 aliphatic carbocycles. The Kier molecular flexibility index (Phi) is 4.95. The van der Waals surface area contributed by atoms with Gasteiger partial charge in [0.2, 0.25) is 0 Å². The molecule has 13 heteroatoms. The molecule has 1 amide bonds. The highest BCUT2D eigenvalue weighted by atomic mass is 16.2. The molecule has 5 aromatic heterocycles. The van der Waals surface area contributed by atoms with Crippen molar-refractivity contribution >= 4 is 40.0 Å². The van der Waals surface area contributed by atoms with Gasteiger partial charge in [-0.25, -0.2) is 15.0 Å². The third kappa shape index (κ3) is 3.81. The molecule has 6 heterocycles. The van der Waals surface area contributed by atoms with Gasteiger partial charge in [0.1, 0.15) is 29.0 Å². The molecule has 180 valence electrons. The van der Waals surface area contributed by atoms with Crippen molar-refractivity contribution in [1.29, 1.82) is 0 Å².